The first-order chi connectivity index (χ1) is 13.3. The highest BCUT2D eigenvalue weighted by Crippen LogP contribution is 2.36. The number of pyridine rings is 2. The fourth-order valence-corrected chi connectivity index (χ4v) is 3.77. The van der Waals surface area contributed by atoms with Crippen LogP contribution in [-0.2, 0) is 23.5 Å². The van der Waals surface area contributed by atoms with E-state index in [1.54, 1.807) is 18.2 Å². The van der Waals surface area contributed by atoms with E-state index in [9.17, 15) is 24.9 Å². The van der Waals surface area contributed by atoms with Crippen LogP contribution in [0.1, 0.15) is 30.0 Å². The van der Waals surface area contributed by atoms with Crippen molar-refractivity contribution in [1.82, 2.24) is 9.55 Å². The number of aliphatic hydroxyl groups is 2. The van der Waals surface area contributed by atoms with E-state index < -0.39 is 23.7 Å². The predicted octanol–water partition coefficient (Wildman–Crippen LogP) is 1.18. The molecular formula is C20H19N3O5. The molecule has 2 aromatic heterocycles. The Bertz CT molecular complexity index is 1200. The Kier molecular flexibility index (Phi) is 3.99. The number of rotatable bonds is 4. The van der Waals surface area contributed by atoms with Crippen molar-refractivity contribution in [3.05, 3.63) is 57.4 Å². The first kappa shape index (κ1) is 18.1. The molecule has 3 aromatic rings. The van der Waals surface area contributed by atoms with E-state index in [-0.39, 0.29) is 24.1 Å². The van der Waals surface area contributed by atoms with Crippen LogP contribution >= 0.6 is 0 Å². The van der Waals surface area contributed by atoms with E-state index >= 15 is 0 Å². The van der Waals surface area contributed by atoms with Crippen LogP contribution in [-0.4, -0.2) is 30.8 Å². The van der Waals surface area contributed by atoms with Gasteiger partial charge in [0.1, 0.15) is 0 Å². The Labute approximate surface area is 159 Å². The Morgan fingerprint density at radius 2 is 2.07 bits per heavy atom. The number of anilines is 1. The van der Waals surface area contributed by atoms with Crippen molar-refractivity contribution in [2.75, 3.05) is 5.73 Å². The van der Waals surface area contributed by atoms with Gasteiger partial charge in [0.15, 0.2) is 5.60 Å². The lowest BCUT2D eigenvalue weighted by molar-refractivity contribution is -0.160. The van der Waals surface area contributed by atoms with Crippen LogP contribution in [0.3, 0.4) is 0 Å². The fraction of sp³-hybridized carbons (Fsp3) is 0.250. The SMILES string of the molecule is CC[C@@](O)(C(=O)O)c1cc2n(c(=O)c1CO)Cc1cc3cc(N)ccc3nc1-2. The third-order valence-corrected chi connectivity index (χ3v) is 5.36. The molecule has 0 saturated heterocycles. The molecule has 3 heterocycles. The van der Waals surface area contributed by atoms with Gasteiger partial charge in [-0.25, -0.2) is 9.78 Å². The molecule has 144 valence electrons. The minimum absolute atomic E-state index is 0.103. The van der Waals surface area contributed by atoms with E-state index in [4.69, 9.17) is 5.73 Å². The molecule has 0 aliphatic carbocycles. The van der Waals surface area contributed by atoms with Gasteiger partial charge in [0, 0.05) is 27.8 Å². The molecule has 1 aliphatic rings. The number of aliphatic hydroxyl groups excluding tert-OH is 1. The van der Waals surface area contributed by atoms with Crippen LogP contribution < -0.4 is 11.3 Å². The van der Waals surface area contributed by atoms with Gasteiger partial charge in [0.25, 0.3) is 5.56 Å². The second-order valence-electron chi connectivity index (χ2n) is 6.94. The van der Waals surface area contributed by atoms with Gasteiger partial charge in [0.2, 0.25) is 0 Å². The maximum atomic E-state index is 13.0. The summed E-state index contributed by atoms with van der Waals surface area (Å²) in [5.74, 6) is -1.48. The number of aromatic nitrogens is 2. The first-order valence-corrected chi connectivity index (χ1v) is 8.83. The standard InChI is InChI=1S/C20H19N3O5/c1-2-20(28,19(26)27)14-7-16-17-11(8-23(16)18(25)13(14)9-24)5-10-6-12(21)3-4-15(10)22-17/h3-7,24,28H,2,8-9,21H2,1H3,(H,26,27)/t20-/m0/s1. The van der Waals surface area contributed by atoms with Crippen LogP contribution in [0.2, 0.25) is 0 Å². The van der Waals surface area contributed by atoms with Crippen molar-refractivity contribution < 1.29 is 20.1 Å². The van der Waals surface area contributed by atoms with Crippen molar-refractivity contribution in [3.63, 3.8) is 0 Å². The molecule has 0 unspecified atom stereocenters. The maximum absolute atomic E-state index is 13.0. The molecule has 1 aromatic carbocycles. The lowest BCUT2D eigenvalue weighted by Gasteiger charge is -2.25. The summed E-state index contributed by atoms with van der Waals surface area (Å²) in [4.78, 5) is 29.3. The summed E-state index contributed by atoms with van der Waals surface area (Å²) in [6.45, 7) is 1.07. The number of carbonyl (C=O) groups is 1. The molecule has 8 heteroatoms. The lowest BCUT2D eigenvalue weighted by atomic mass is 9.87. The van der Waals surface area contributed by atoms with Gasteiger partial charge in [-0.15, -0.1) is 0 Å². The predicted molar refractivity (Wildman–Crippen MR) is 103 cm³/mol. The Morgan fingerprint density at radius 3 is 2.71 bits per heavy atom. The third kappa shape index (κ3) is 2.42. The molecule has 0 amide bonds. The molecule has 0 fully saturated rings. The van der Waals surface area contributed by atoms with E-state index in [2.05, 4.69) is 4.98 Å². The summed E-state index contributed by atoms with van der Waals surface area (Å²) in [6, 6.07) is 8.63. The number of carboxylic acids is 1. The fourth-order valence-electron chi connectivity index (χ4n) is 3.77. The van der Waals surface area contributed by atoms with Crippen LogP contribution in [0.5, 0.6) is 0 Å². The Balaban J connectivity index is 2.02. The van der Waals surface area contributed by atoms with Crippen molar-refractivity contribution in [3.8, 4) is 11.4 Å². The molecule has 4 rings (SSSR count). The summed E-state index contributed by atoms with van der Waals surface area (Å²) in [5.41, 5.74) is 5.82. The molecule has 1 atom stereocenters. The quantitative estimate of drug-likeness (QED) is 0.389. The summed E-state index contributed by atoms with van der Waals surface area (Å²) < 4.78 is 1.44. The molecule has 28 heavy (non-hydrogen) atoms. The number of nitrogens with two attached hydrogens (primary N) is 1. The van der Waals surface area contributed by atoms with Gasteiger partial charge >= 0.3 is 5.97 Å². The zero-order valence-electron chi connectivity index (χ0n) is 15.1. The monoisotopic (exact) mass is 381 g/mol. The Morgan fingerprint density at radius 1 is 1.32 bits per heavy atom. The topological polar surface area (TPSA) is 139 Å². The molecular weight excluding hydrogens is 362 g/mol. The number of nitrogen functional groups attached to an aromatic ring is 1. The third-order valence-electron chi connectivity index (χ3n) is 5.36. The van der Waals surface area contributed by atoms with Crippen LogP contribution in [0.15, 0.2) is 35.1 Å². The van der Waals surface area contributed by atoms with Gasteiger partial charge in [-0.3, -0.25) is 4.79 Å². The highest BCUT2D eigenvalue weighted by atomic mass is 16.4. The summed E-state index contributed by atoms with van der Waals surface area (Å²) in [5, 5.41) is 30.8. The van der Waals surface area contributed by atoms with E-state index in [1.807, 2.05) is 6.07 Å². The first-order valence-electron chi connectivity index (χ1n) is 8.83. The highest BCUT2D eigenvalue weighted by Gasteiger charge is 2.40. The van der Waals surface area contributed by atoms with Crippen molar-refractivity contribution in [2.24, 2.45) is 0 Å². The minimum atomic E-state index is -2.28. The highest BCUT2D eigenvalue weighted by molar-refractivity contribution is 5.87. The second-order valence-corrected chi connectivity index (χ2v) is 6.94. The molecule has 0 bridgehead atoms. The number of benzene rings is 1. The van der Waals surface area contributed by atoms with E-state index in [0.29, 0.717) is 22.6 Å². The Hall–Kier alpha value is -3.23. The number of carboxylic acid groups (broad SMARTS) is 1. The number of aliphatic carboxylic acids is 1. The molecule has 1 aliphatic heterocycles. The van der Waals surface area contributed by atoms with Gasteiger partial charge < -0.3 is 25.6 Å². The lowest BCUT2D eigenvalue weighted by Crippen LogP contribution is -2.39. The smallest absolute Gasteiger partial charge is 0.340 e. The summed E-state index contributed by atoms with van der Waals surface area (Å²) >= 11 is 0. The number of hydrogen-bond acceptors (Lipinski definition) is 6. The average molecular weight is 381 g/mol. The number of fused-ring (bicyclic) bond motifs is 4. The van der Waals surface area contributed by atoms with Crippen LogP contribution in [0, 0.1) is 0 Å². The molecule has 0 spiro atoms. The van der Waals surface area contributed by atoms with Crippen LogP contribution in [0.25, 0.3) is 22.3 Å². The maximum Gasteiger partial charge on any atom is 0.340 e. The largest absolute Gasteiger partial charge is 0.479 e. The van der Waals surface area contributed by atoms with Crippen LogP contribution in [0.4, 0.5) is 5.69 Å². The van der Waals surface area contributed by atoms with Crippen molar-refractivity contribution in [1.29, 1.82) is 0 Å². The van der Waals surface area contributed by atoms with Gasteiger partial charge in [-0.1, -0.05) is 6.92 Å². The zero-order valence-corrected chi connectivity index (χ0v) is 15.1. The van der Waals surface area contributed by atoms with Gasteiger partial charge in [-0.2, -0.15) is 0 Å². The molecule has 5 N–H and O–H groups in total. The van der Waals surface area contributed by atoms with Crippen molar-refractivity contribution in [2.45, 2.75) is 32.1 Å². The van der Waals surface area contributed by atoms with Crippen molar-refractivity contribution >= 4 is 22.6 Å². The molecule has 8 nitrogen and oxygen atoms in total. The summed E-state index contributed by atoms with van der Waals surface area (Å²) in [7, 11) is 0. The normalized spacial score (nSPS) is 14.5. The second kappa shape index (κ2) is 6.15. The number of hydrogen-bond donors (Lipinski definition) is 4. The van der Waals surface area contributed by atoms with Gasteiger partial charge in [0.05, 0.1) is 30.1 Å². The van der Waals surface area contributed by atoms with Gasteiger partial charge in [-0.05, 0) is 36.8 Å². The molecule has 0 saturated carbocycles. The minimum Gasteiger partial charge on any atom is -0.479 e. The zero-order chi connectivity index (χ0) is 20.2. The average Bonchev–Trinajstić information content (AvgIpc) is 3.03. The number of nitrogens with zero attached hydrogens (tertiary/aromatic N) is 2. The molecule has 0 radical (unpaired) electrons. The summed E-state index contributed by atoms with van der Waals surface area (Å²) in [6.07, 6.45) is -0.157. The van der Waals surface area contributed by atoms with E-state index in [0.717, 1.165) is 10.9 Å². The van der Waals surface area contributed by atoms with E-state index in [1.165, 1.54) is 17.6 Å².